The molecule has 0 heterocycles. The van der Waals surface area contributed by atoms with Crippen LogP contribution in [-0.2, 0) is 0 Å². The van der Waals surface area contributed by atoms with Crippen molar-refractivity contribution in [2.75, 3.05) is 18.9 Å². The smallest absolute Gasteiger partial charge is 0.273 e. The van der Waals surface area contributed by atoms with Crippen molar-refractivity contribution in [2.45, 2.75) is 20.3 Å². The number of hydrazone groups is 1. The average Bonchev–Trinajstić information content (AvgIpc) is 2.61. The van der Waals surface area contributed by atoms with Gasteiger partial charge in [0, 0.05) is 5.69 Å². The highest BCUT2D eigenvalue weighted by Gasteiger charge is 2.12. The first kappa shape index (κ1) is 19.8. The first-order valence-corrected chi connectivity index (χ1v) is 9.13. The van der Waals surface area contributed by atoms with Crippen LogP contribution >= 0.6 is 15.9 Å². The summed E-state index contributed by atoms with van der Waals surface area (Å²) in [6.07, 6.45) is 2.43. The Labute approximate surface area is 161 Å². The van der Waals surface area contributed by atoms with Crippen molar-refractivity contribution in [3.8, 4) is 11.5 Å². The Morgan fingerprint density at radius 3 is 2.73 bits per heavy atom. The van der Waals surface area contributed by atoms with Crippen molar-refractivity contribution in [2.24, 2.45) is 5.10 Å². The lowest BCUT2D eigenvalue weighted by atomic mass is 10.2. The van der Waals surface area contributed by atoms with E-state index in [-0.39, 0.29) is 5.91 Å². The second kappa shape index (κ2) is 9.82. The second-order valence-electron chi connectivity index (χ2n) is 5.40. The molecule has 26 heavy (non-hydrogen) atoms. The van der Waals surface area contributed by atoms with Gasteiger partial charge in [0.1, 0.15) is 0 Å². The van der Waals surface area contributed by atoms with E-state index in [1.807, 2.05) is 26.0 Å². The van der Waals surface area contributed by atoms with Gasteiger partial charge in [-0.3, -0.25) is 4.79 Å². The fourth-order valence-electron chi connectivity index (χ4n) is 2.20. The molecule has 7 heteroatoms. The van der Waals surface area contributed by atoms with Crippen molar-refractivity contribution >= 4 is 33.7 Å². The van der Waals surface area contributed by atoms with Crippen molar-refractivity contribution in [1.29, 1.82) is 0 Å². The van der Waals surface area contributed by atoms with Crippen LogP contribution in [0.15, 0.2) is 46.0 Å². The van der Waals surface area contributed by atoms with Gasteiger partial charge in [-0.05, 0) is 59.1 Å². The Balaban J connectivity index is 2.14. The zero-order chi connectivity index (χ0) is 18.9. The number of rotatable bonds is 8. The van der Waals surface area contributed by atoms with Crippen LogP contribution in [0, 0.1) is 0 Å². The molecule has 0 saturated heterocycles. The molecule has 0 aliphatic heterocycles. The quantitative estimate of drug-likeness (QED) is 0.384. The standard InChI is InChI=1S/C19H22BrN3O3/c1-3-9-26-18-15(20)10-13(11-17(18)25-4-2)12-22-23-19(24)14-7-5-6-8-16(14)21/h5-8,10-12H,3-4,9,21H2,1-2H3,(H,23,24)/b22-12+. The predicted molar refractivity (Wildman–Crippen MR) is 107 cm³/mol. The lowest BCUT2D eigenvalue weighted by Gasteiger charge is -2.14. The minimum absolute atomic E-state index is 0.369. The highest BCUT2D eigenvalue weighted by Crippen LogP contribution is 2.36. The molecule has 0 aliphatic rings. The first-order valence-electron chi connectivity index (χ1n) is 8.33. The summed E-state index contributed by atoms with van der Waals surface area (Å²) in [4.78, 5) is 12.1. The van der Waals surface area contributed by atoms with Gasteiger partial charge in [-0.1, -0.05) is 19.1 Å². The number of nitrogens with one attached hydrogen (secondary N) is 1. The number of nitrogens with two attached hydrogens (primary N) is 1. The summed E-state index contributed by atoms with van der Waals surface area (Å²) in [7, 11) is 0. The van der Waals surface area contributed by atoms with E-state index in [2.05, 4.69) is 26.5 Å². The van der Waals surface area contributed by atoms with Gasteiger partial charge >= 0.3 is 0 Å². The topological polar surface area (TPSA) is 85.9 Å². The number of ether oxygens (including phenoxy) is 2. The molecule has 1 amide bonds. The Morgan fingerprint density at radius 2 is 2.04 bits per heavy atom. The summed E-state index contributed by atoms with van der Waals surface area (Å²) in [6, 6.07) is 10.5. The molecule has 2 rings (SSSR count). The van der Waals surface area contributed by atoms with Crippen molar-refractivity contribution < 1.29 is 14.3 Å². The summed E-state index contributed by atoms with van der Waals surface area (Å²) < 4.78 is 12.1. The SMILES string of the molecule is CCCOc1c(Br)cc(/C=N/NC(=O)c2ccccc2N)cc1OCC. The zero-order valence-corrected chi connectivity index (χ0v) is 16.4. The van der Waals surface area contributed by atoms with Gasteiger partial charge in [0.25, 0.3) is 5.91 Å². The molecule has 6 nitrogen and oxygen atoms in total. The molecule has 0 spiro atoms. The van der Waals surface area contributed by atoms with Gasteiger partial charge < -0.3 is 15.2 Å². The molecule has 0 atom stereocenters. The van der Waals surface area contributed by atoms with Crippen LogP contribution in [0.1, 0.15) is 36.2 Å². The van der Waals surface area contributed by atoms with E-state index >= 15 is 0 Å². The molecule has 0 aromatic heterocycles. The van der Waals surface area contributed by atoms with Crippen LogP contribution in [0.5, 0.6) is 11.5 Å². The van der Waals surface area contributed by atoms with Crippen LogP contribution in [-0.4, -0.2) is 25.3 Å². The molecule has 2 aromatic carbocycles. The van der Waals surface area contributed by atoms with E-state index in [0.717, 1.165) is 16.5 Å². The summed E-state index contributed by atoms with van der Waals surface area (Å²) in [6.45, 7) is 5.06. The predicted octanol–water partition coefficient (Wildman–Crippen LogP) is 3.98. The van der Waals surface area contributed by atoms with E-state index in [4.69, 9.17) is 15.2 Å². The third kappa shape index (κ3) is 5.23. The van der Waals surface area contributed by atoms with Crippen molar-refractivity contribution in [3.05, 3.63) is 52.0 Å². The molecule has 2 aromatic rings. The zero-order valence-electron chi connectivity index (χ0n) is 14.8. The molecular weight excluding hydrogens is 398 g/mol. The average molecular weight is 420 g/mol. The van der Waals surface area contributed by atoms with Gasteiger partial charge in [-0.2, -0.15) is 5.10 Å². The fraction of sp³-hybridized carbons (Fsp3) is 0.263. The molecule has 0 aliphatic carbocycles. The third-order valence-electron chi connectivity index (χ3n) is 3.37. The monoisotopic (exact) mass is 419 g/mol. The van der Waals surface area contributed by atoms with Gasteiger partial charge in [0.15, 0.2) is 11.5 Å². The Hall–Kier alpha value is -2.54. The second-order valence-corrected chi connectivity index (χ2v) is 6.25. The maximum atomic E-state index is 12.1. The van der Waals surface area contributed by atoms with Crippen LogP contribution in [0.25, 0.3) is 0 Å². The molecule has 0 unspecified atom stereocenters. The number of carbonyl (C=O) groups is 1. The van der Waals surface area contributed by atoms with E-state index < -0.39 is 0 Å². The van der Waals surface area contributed by atoms with Crippen LogP contribution in [0.4, 0.5) is 5.69 Å². The van der Waals surface area contributed by atoms with Crippen LogP contribution in [0.2, 0.25) is 0 Å². The maximum Gasteiger partial charge on any atom is 0.273 e. The highest BCUT2D eigenvalue weighted by molar-refractivity contribution is 9.10. The van der Waals surface area contributed by atoms with E-state index in [0.29, 0.717) is 36.0 Å². The van der Waals surface area contributed by atoms with Gasteiger partial charge in [-0.15, -0.1) is 0 Å². The molecule has 3 N–H and O–H groups in total. The largest absolute Gasteiger partial charge is 0.490 e. The number of carbonyl (C=O) groups excluding carboxylic acids is 1. The lowest BCUT2D eigenvalue weighted by Crippen LogP contribution is -2.19. The summed E-state index contributed by atoms with van der Waals surface area (Å²) in [5.41, 5.74) is 9.79. The fourth-order valence-corrected chi connectivity index (χ4v) is 2.77. The number of para-hydroxylation sites is 1. The summed E-state index contributed by atoms with van der Waals surface area (Å²) >= 11 is 3.49. The number of anilines is 1. The number of halogens is 1. The normalized spacial score (nSPS) is 10.7. The number of nitrogens with zero attached hydrogens (tertiary/aromatic N) is 1. The molecule has 0 radical (unpaired) electrons. The van der Waals surface area contributed by atoms with Gasteiger partial charge in [0.2, 0.25) is 0 Å². The van der Waals surface area contributed by atoms with Crippen molar-refractivity contribution in [1.82, 2.24) is 5.43 Å². The molecule has 0 bridgehead atoms. The molecule has 0 saturated carbocycles. The summed E-state index contributed by atoms with van der Waals surface area (Å²) in [5.74, 6) is 0.911. The van der Waals surface area contributed by atoms with Crippen LogP contribution in [0.3, 0.4) is 0 Å². The summed E-state index contributed by atoms with van der Waals surface area (Å²) in [5, 5.41) is 4.00. The number of benzene rings is 2. The first-order chi connectivity index (χ1) is 12.6. The van der Waals surface area contributed by atoms with Gasteiger partial charge in [-0.25, -0.2) is 5.43 Å². The van der Waals surface area contributed by atoms with Crippen LogP contribution < -0.4 is 20.6 Å². The van der Waals surface area contributed by atoms with E-state index in [9.17, 15) is 4.79 Å². The molecule has 0 fully saturated rings. The number of amides is 1. The minimum atomic E-state index is -0.369. The molecule has 138 valence electrons. The lowest BCUT2D eigenvalue weighted by molar-refractivity contribution is 0.0956. The third-order valence-corrected chi connectivity index (χ3v) is 3.96. The van der Waals surface area contributed by atoms with Crippen molar-refractivity contribution in [3.63, 3.8) is 0 Å². The Morgan fingerprint density at radius 1 is 1.27 bits per heavy atom. The number of hydrogen-bond acceptors (Lipinski definition) is 5. The maximum absolute atomic E-state index is 12.1. The Kier molecular flexibility index (Phi) is 7.47. The molecular formula is C19H22BrN3O3. The number of nitrogen functional groups attached to an aromatic ring is 1. The van der Waals surface area contributed by atoms with Gasteiger partial charge in [0.05, 0.1) is 29.5 Å². The minimum Gasteiger partial charge on any atom is -0.490 e. The highest BCUT2D eigenvalue weighted by atomic mass is 79.9. The number of hydrogen-bond donors (Lipinski definition) is 2. The van der Waals surface area contributed by atoms with E-state index in [1.54, 1.807) is 24.3 Å². The Bertz CT molecular complexity index is 794. The van der Waals surface area contributed by atoms with E-state index in [1.165, 1.54) is 6.21 Å².